The summed E-state index contributed by atoms with van der Waals surface area (Å²) in [5.74, 6) is -0.598. The average molecular weight is 364 g/mol. The first-order valence-corrected chi connectivity index (χ1v) is 8.73. The monoisotopic (exact) mass is 364 g/mol. The summed E-state index contributed by atoms with van der Waals surface area (Å²) in [6.07, 6.45) is 9.54. The first-order valence-electron chi connectivity index (χ1n) is 8.73. The molecular weight excluding hydrogens is 344 g/mol. The van der Waals surface area contributed by atoms with E-state index in [0.29, 0.717) is 35.5 Å². The van der Waals surface area contributed by atoms with Gasteiger partial charge in [0.05, 0.1) is 0 Å². The Morgan fingerprint density at radius 1 is 1.26 bits per heavy atom. The molecular formula is C19H20N6O2. The highest BCUT2D eigenvalue weighted by atomic mass is 16.2. The van der Waals surface area contributed by atoms with Crippen LogP contribution in [0, 0.1) is 0 Å². The number of aromatic nitrogens is 1. The lowest BCUT2D eigenvalue weighted by molar-refractivity contribution is -0.122. The number of aliphatic imine (C=N–C) groups is 1. The smallest absolute Gasteiger partial charge is 0.251 e. The Balaban J connectivity index is 1.77. The highest BCUT2D eigenvalue weighted by molar-refractivity contribution is 5.96. The molecule has 0 radical (unpaired) electrons. The molecule has 0 aromatic carbocycles. The third-order valence-corrected chi connectivity index (χ3v) is 5.04. The van der Waals surface area contributed by atoms with E-state index >= 15 is 0 Å². The molecule has 1 unspecified atom stereocenters. The van der Waals surface area contributed by atoms with Gasteiger partial charge in [-0.2, -0.15) is 0 Å². The third-order valence-electron chi connectivity index (χ3n) is 5.04. The zero-order valence-corrected chi connectivity index (χ0v) is 14.7. The van der Waals surface area contributed by atoms with Gasteiger partial charge in [0.25, 0.3) is 5.91 Å². The molecule has 0 bridgehead atoms. The predicted octanol–water partition coefficient (Wildman–Crippen LogP) is -0.335. The van der Waals surface area contributed by atoms with Crippen LogP contribution in [0.15, 0.2) is 52.5 Å². The highest BCUT2D eigenvalue weighted by Crippen LogP contribution is 2.32. The van der Waals surface area contributed by atoms with E-state index in [9.17, 15) is 9.59 Å². The lowest BCUT2D eigenvalue weighted by Crippen LogP contribution is -2.52. The number of nitrogens with one attached hydrogen (secondary N) is 2. The molecule has 4 heterocycles. The van der Waals surface area contributed by atoms with Crippen LogP contribution in [0.4, 0.5) is 0 Å². The number of pyridine rings is 1. The number of amides is 2. The van der Waals surface area contributed by atoms with Gasteiger partial charge in [-0.3, -0.25) is 14.6 Å². The van der Waals surface area contributed by atoms with Crippen molar-refractivity contribution in [3.8, 4) is 0 Å². The lowest BCUT2D eigenvalue weighted by Gasteiger charge is -2.34. The summed E-state index contributed by atoms with van der Waals surface area (Å²) >= 11 is 0. The number of dihydropyridines is 1. The second kappa shape index (κ2) is 6.48. The summed E-state index contributed by atoms with van der Waals surface area (Å²) in [5, 5.41) is 6.46. The van der Waals surface area contributed by atoms with Gasteiger partial charge in [0.2, 0.25) is 5.91 Å². The topological polar surface area (TPSA) is 135 Å². The number of fused-ring (bicyclic) bond motifs is 1. The van der Waals surface area contributed by atoms with Gasteiger partial charge in [0.15, 0.2) is 5.54 Å². The molecule has 27 heavy (non-hydrogen) atoms. The predicted molar refractivity (Wildman–Crippen MR) is 100 cm³/mol. The van der Waals surface area contributed by atoms with E-state index in [0.717, 1.165) is 24.2 Å². The first-order chi connectivity index (χ1) is 13.0. The first kappa shape index (κ1) is 17.2. The number of nitrogens with two attached hydrogens (primary N) is 2. The fourth-order valence-electron chi connectivity index (χ4n) is 3.49. The minimum absolute atomic E-state index is 0.327. The number of carbonyl (C=O) groups excluding carboxylic acids is 2. The number of primary amides is 2. The van der Waals surface area contributed by atoms with Gasteiger partial charge >= 0.3 is 0 Å². The highest BCUT2D eigenvalue weighted by Gasteiger charge is 2.40. The Hall–Kier alpha value is -3.26. The van der Waals surface area contributed by atoms with Gasteiger partial charge < -0.3 is 22.1 Å². The van der Waals surface area contributed by atoms with E-state index in [1.165, 1.54) is 0 Å². The zero-order valence-electron chi connectivity index (χ0n) is 14.7. The second-order valence-corrected chi connectivity index (χ2v) is 6.74. The number of nitrogens with zero attached hydrogens (tertiary/aromatic N) is 2. The summed E-state index contributed by atoms with van der Waals surface area (Å²) < 4.78 is 0. The summed E-state index contributed by atoms with van der Waals surface area (Å²) in [7, 11) is 0. The van der Waals surface area contributed by atoms with E-state index in [-0.39, 0.29) is 0 Å². The molecule has 2 amide bonds. The summed E-state index contributed by atoms with van der Waals surface area (Å²) in [6, 6.07) is 1.95. The van der Waals surface area contributed by atoms with E-state index < -0.39 is 17.4 Å². The molecule has 6 N–H and O–H groups in total. The molecule has 8 nitrogen and oxygen atoms in total. The van der Waals surface area contributed by atoms with Crippen molar-refractivity contribution in [3.63, 3.8) is 0 Å². The Labute approximate surface area is 156 Å². The minimum Gasteiger partial charge on any atom is -0.367 e. The Bertz CT molecular complexity index is 959. The van der Waals surface area contributed by atoms with E-state index in [2.05, 4.69) is 20.6 Å². The van der Waals surface area contributed by atoms with Crippen LogP contribution in [0.25, 0.3) is 0 Å². The van der Waals surface area contributed by atoms with Crippen LogP contribution in [0.3, 0.4) is 0 Å². The molecule has 0 saturated carbocycles. The molecule has 1 aromatic heterocycles. The van der Waals surface area contributed by atoms with Crippen LogP contribution in [-0.4, -0.2) is 29.6 Å². The van der Waals surface area contributed by atoms with Crippen molar-refractivity contribution in [2.24, 2.45) is 16.5 Å². The Morgan fingerprint density at radius 3 is 2.89 bits per heavy atom. The number of allylic oxidation sites excluding steroid dienone is 3. The maximum Gasteiger partial charge on any atom is 0.251 e. The van der Waals surface area contributed by atoms with Crippen molar-refractivity contribution in [2.75, 3.05) is 6.54 Å². The molecule has 1 atom stereocenters. The van der Waals surface area contributed by atoms with Crippen molar-refractivity contribution in [3.05, 3.63) is 64.3 Å². The van der Waals surface area contributed by atoms with Crippen LogP contribution in [-0.2, 0) is 28.1 Å². The zero-order chi connectivity index (χ0) is 19.0. The van der Waals surface area contributed by atoms with Crippen LogP contribution in [0.1, 0.15) is 23.2 Å². The van der Waals surface area contributed by atoms with Crippen LogP contribution < -0.4 is 22.1 Å². The van der Waals surface area contributed by atoms with Crippen molar-refractivity contribution in [2.45, 2.75) is 24.9 Å². The number of rotatable bonds is 3. The Kier molecular flexibility index (Phi) is 4.12. The molecule has 4 rings (SSSR count). The third kappa shape index (κ3) is 2.93. The number of hydrogen-bond donors (Lipinski definition) is 4. The molecule has 0 aliphatic carbocycles. The normalized spacial score (nSPS) is 23.6. The van der Waals surface area contributed by atoms with Gasteiger partial charge in [-0.15, -0.1) is 0 Å². The minimum atomic E-state index is -1.26. The average Bonchev–Trinajstić information content (AvgIpc) is 2.89. The number of hydrogen-bond acceptors (Lipinski definition) is 6. The maximum atomic E-state index is 12.5. The van der Waals surface area contributed by atoms with Crippen molar-refractivity contribution in [1.29, 1.82) is 0 Å². The van der Waals surface area contributed by atoms with Crippen LogP contribution >= 0.6 is 0 Å². The van der Waals surface area contributed by atoms with E-state index in [1.807, 2.05) is 6.07 Å². The Morgan fingerprint density at radius 2 is 2.11 bits per heavy atom. The van der Waals surface area contributed by atoms with Crippen molar-refractivity contribution < 1.29 is 9.59 Å². The van der Waals surface area contributed by atoms with Crippen LogP contribution in [0.2, 0.25) is 0 Å². The standard InChI is InChI=1S/C19H20N6O2/c20-16(26)11-2-6-23-17-12(7-11)1-4-19(25-17,18(21)27)14-8-13-9-22-5-3-15(13)24-10-14/h1,4,6-8,10,22,25H,2-3,5,9H2,(H2,20,26)(H2,21,27). The van der Waals surface area contributed by atoms with E-state index in [1.54, 1.807) is 30.6 Å². The van der Waals surface area contributed by atoms with Crippen molar-refractivity contribution >= 4 is 18.0 Å². The summed E-state index contributed by atoms with van der Waals surface area (Å²) in [4.78, 5) is 32.9. The molecule has 0 saturated heterocycles. The second-order valence-electron chi connectivity index (χ2n) is 6.74. The maximum absolute atomic E-state index is 12.5. The summed E-state index contributed by atoms with van der Waals surface area (Å²) in [6.45, 7) is 1.59. The quantitative estimate of drug-likeness (QED) is 0.582. The van der Waals surface area contributed by atoms with Gasteiger partial charge in [0, 0.05) is 60.7 Å². The van der Waals surface area contributed by atoms with E-state index in [4.69, 9.17) is 11.5 Å². The SMILES string of the molecule is NC(=O)C1=CC2=C(N=CC1)NC(C(N)=O)(c1cnc3c(c1)CNCC3)C=C2. The van der Waals surface area contributed by atoms with Crippen LogP contribution in [0.5, 0.6) is 0 Å². The lowest BCUT2D eigenvalue weighted by atomic mass is 9.85. The molecule has 0 fully saturated rings. The molecule has 8 heteroatoms. The molecule has 3 aliphatic heterocycles. The molecule has 0 spiro atoms. The summed E-state index contributed by atoms with van der Waals surface area (Å²) in [5.41, 5.74) is 13.8. The molecule has 138 valence electrons. The van der Waals surface area contributed by atoms with Gasteiger partial charge in [0.1, 0.15) is 5.82 Å². The molecule has 1 aromatic rings. The largest absolute Gasteiger partial charge is 0.367 e. The van der Waals surface area contributed by atoms with Gasteiger partial charge in [-0.05, 0) is 23.8 Å². The fraction of sp³-hybridized carbons (Fsp3) is 0.263. The van der Waals surface area contributed by atoms with Crippen molar-refractivity contribution in [1.82, 2.24) is 15.6 Å². The molecule has 3 aliphatic rings. The van der Waals surface area contributed by atoms with Gasteiger partial charge in [-0.1, -0.05) is 6.08 Å². The fourth-order valence-corrected chi connectivity index (χ4v) is 3.49. The number of carbonyl (C=O) groups is 2. The van der Waals surface area contributed by atoms with Gasteiger partial charge in [-0.25, -0.2) is 4.99 Å².